The van der Waals surface area contributed by atoms with Gasteiger partial charge in [0, 0.05) is 12.1 Å². The Morgan fingerprint density at radius 3 is 2.03 bits per heavy atom. The molecule has 1 aliphatic rings. The first-order valence-corrected chi connectivity index (χ1v) is 9.82. The summed E-state index contributed by atoms with van der Waals surface area (Å²) in [6.45, 7) is 1.85. The Labute approximate surface area is 169 Å². The molecule has 0 atom stereocenters. The average Bonchev–Trinajstić information content (AvgIpc) is 2.70. The van der Waals surface area contributed by atoms with Gasteiger partial charge < -0.3 is 4.74 Å². The number of ether oxygens (including phenoxy) is 1. The Morgan fingerprint density at radius 1 is 0.867 bits per heavy atom. The average molecular weight is 434 g/mol. The van der Waals surface area contributed by atoms with Crippen LogP contribution in [0.25, 0.3) is 0 Å². The molecule has 3 rings (SSSR count). The summed E-state index contributed by atoms with van der Waals surface area (Å²) in [6, 6.07) is 3.74. The number of rotatable bonds is 6. The zero-order valence-electron chi connectivity index (χ0n) is 16.3. The third-order valence-electron chi connectivity index (χ3n) is 5.57. The number of aryl methyl sites for hydroxylation is 1. The Bertz CT molecular complexity index is 882. The van der Waals surface area contributed by atoms with E-state index in [1.54, 1.807) is 0 Å². The van der Waals surface area contributed by atoms with E-state index in [1.165, 1.54) is 12.1 Å². The van der Waals surface area contributed by atoms with Crippen molar-refractivity contribution >= 4 is 0 Å². The van der Waals surface area contributed by atoms with Crippen LogP contribution in [0.1, 0.15) is 56.1 Å². The molecular weight excluding hydrogens is 413 g/mol. The van der Waals surface area contributed by atoms with Gasteiger partial charge in [0.15, 0.2) is 29.1 Å². The van der Waals surface area contributed by atoms with Crippen molar-refractivity contribution < 1.29 is 35.5 Å². The third-order valence-corrected chi connectivity index (χ3v) is 5.57. The molecule has 0 N–H and O–H groups in total. The van der Waals surface area contributed by atoms with Crippen molar-refractivity contribution in [1.29, 1.82) is 0 Å². The fraction of sp³-hybridized carbons (Fsp3) is 0.455. The number of alkyl halides is 2. The zero-order chi connectivity index (χ0) is 22.1. The molecule has 0 aliphatic heterocycles. The summed E-state index contributed by atoms with van der Waals surface area (Å²) in [4.78, 5) is 0. The summed E-state index contributed by atoms with van der Waals surface area (Å²) in [5.41, 5.74) is 0.448. The van der Waals surface area contributed by atoms with Crippen LogP contribution in [0.5, 0.6) is 5.75 Å². The molecular formula is C22H21F7O. The molecule has 1 nitrogen and oxygen atoms in total. The van der Waals surface area contributed by atoms with E-state index in [9.17, 15) is 30.7 Å². The molecule has 0 saturated heterocycles. The van der Waals surface area contributed by atoms with Crippen LogP contribution in [0, 0.1) is 35.0 Å². The number of hydrogen-bond donors (Lipinski definition) is 0. The third kappa shape index (κ3) is 4.57. The summed E-state index contributed by atoms with van der Waals surface area (Å²) < 4.78 is 102. The van der Waals surface area contributed by atoms with E-state index in [-0.39, 0.29) is 36.8 Å². The van der Waals surface area contributed by atoms with E-state index in [0.29, 0.717) is 25.0 Å². The molecule has 2 aromatic carbocycles. The van der Waals surface area contributed by atoms with Crippen molar-refractivity contribution in [3.63, 3.8) is 0 Å². The molecule has 164 valence electrons. The molecule has 0 amide bonds. The van der Waals surface area contributed by atoms with Gasteiger partial charge in [-0.05, 0) is 49.1 Å². The maximum Gasteiger partial charge on any atom is 0.400 e. The lowest BCUT2D eigenvalue weighted by Crippen LogP contribution is -2.37. The van der Waals surface area contributed by atoms with Crippen LogP contribution in [-0.2, 0) is 6.42 Å². The van der Waals surface area contributed by atoms with E-state index in [0.717, 1.165) is 0 Å². The van der Waals surface area contributed by atoms with Crippen LogP contribution >= 0.6 is 0 Å². The first-order chi connectivity index (χ1) is 14.1. The molecule has 1 fully saturated rings. The van der Waals surface area contributed by atoms with Gasteiger partial charge in [-0.2, -0.15) is 8.78 Å². The van der Waals surface area contributed by atoms with Crippen molar-refractivity contribution in [2.45, 2.75) is 57.5 Å². The van der Waals surface area contributed by atoms with Crippen LogP contribution in [0.2, 0.25) is 0 Å². The van der Waals surface area contributed by atoms with E-state index in [2.05, 4.69) is 4.74 Å². The molecule has 1 aliphatic carbocycles. The highest BCUT2D eigenvalue weighted by molar-refractivity contribution is 5.30. The lowest BCUT2D eigenvalue weighted by Gasteiger charge is -2.33. The maximum absolute atomic E-state index is 14.5. The Hall–Kier alpha value is -2.25. The topological polar surface area (TPSA) is 9.23 Å². The minimum absolute atomic E-state index is 0.0540. The summed E-state index contributed by atoms with van der Waals surface area (Å²) in [5.74, 6) is -9.39. The van der Waals surface area contributed by atoms with E-state index in [4.69, 9.17) is 0 Å². The normalized spacial score (nSPS) is 19.7. The fourth-order valence-corrected chi connectivity index (χ4v) is 3.95. The smallest absolute Gasteiger partial charge is 0.400 e. The van der Waals surface area contributed by atoms with Crippen LogP contribution in [-0.4, -0.2) is 6.11 Å². The maximum atomic E-state index is 14.5. The van der Waals surface area contributed by atoms with E-state index >= 15 is 0 Å². The Balaban J connectivity index is 1.68. The molecule has 30 heavy (non-hydrogen) atoms. The Kier molecular flexibility index (Phi) is 6.62. The highest BCUT2D eigenvalue weighted by atomic mass is 19.3. The van der Waals surface area contributed by atoms with Gasteiger partial charge in [-0.15, -0.1) is 0 Å². The molecule has 0 heterocycles. The van der Waals surface area contributed by atoms with Gasteiger partial charge in [-0.3, -0.25) is 0 Å². The van der Waals surface area contributed by atoms with Crippen molar-refractivity contribution in [1.82, 2.24) is 0 Å². The van der Waals surface area contributed by atoms with Crippen LogP contribution in [0.4, 0.5) is 30.7 Å². The van der Waals surface area contributed by atoms with Gasteiger partial charge in [0.05, 0.1) is 5.92 Å². The van der Waals surface area contributed by atoms with Gasteiger partial charge in [-0.25, -0.2) is 22.0 Å². The monoisotopic (exact) mass is 434 g/mol. The summed E-state index contributed by atoms with van der Waals surface area (Å²) in [6.07, 6.45) is -2.43. The lowest BCUT2D eigenvalue weighted by molar-refractivity contribution is -0.222. The van der Waals surface area contributed by atoms with Crippen LogP contribution < -0.4 is 4.74 Å². The minimum Gasteiger partial charge on any atom is -0.432 e. The van der Waals surface area contributed by atoms with Gasteiger partial charge in [0.1, 0.15) is 5.75 Å². The first-order valence-electron chi connectivity index (χ1n) is 9.82. The summed E-state index contributed by atoms with van der Waals surface area (Å²) >= 11 is 0. The van der Waals surface area contributed by atoms with Gasteiger partial charge in [0.2, 0.25) is 0 Å². The number of halogens is 7. The number of benzene rings is 2. The highest BCUT2D eigenvalue weighted by Gasteiger charge is 2.44. The lowest BCUT2D eigenvalue weighted by atomic mass is 9.77. The van der Waals surface area contributed by atoms with Crippen molar-refractivity contribution in [2.24, 2.45) is 5.92 Å². The standard InChI is InChI=1S/C22H21F7O/c1-2-3-13-6-9-16(20(26)19(13)25)12-4-7-14(8-5-12)22(28,29)30-15-10-17(23)21(27)18(24)11-15/h6,9-12,14H,2-5,7-8H2,1H3. The van der Waals surface area contributed by atoms with E-state index < -0.39 is 52.8 Å². The summed E-state index contributed by atoms with van der Waals surface area (Å²) in [5, 5.41) is 0. The molecule has 0 bridgehead atoms. The zero-order valence-corrected chi connectivity index (χ0v) is 16.3. The largest absolute Gasteiger partial charge is 0.432 e. The molecule has 2 aromatic rings. The second kappa shape index (κ2) is 8.86. The second-order valence-electron chi connectivity index (χ2n) is 7.61. The molecule has 8 heteroatoms. The molecule has 0 aromatic heterocycles. The predicted octanol–water partition coefficient (Wildman–Crippen LogP) is 7.28. The van der Waals surface area contributed by atoms with Crippen molar-refractivity contribution in [3.8, 4) is 5.75 Å². The van der Waals surface area contributed by atoms with Crippen molar-refractivity contribution in [2.75, 3.05) is 0 Å². The second-order valence-corrected chi connectivity index (χ2v) is 7.61. The van der Waals surface area contributed by atoms with Gasteiger partial charge in [0.25, 0.3) is 0 Å². The van der Waals surface area contributed by atoms with Crippen molar-refractivity contribution in [3.05, 3.63) is 64.5 Å². The molecule has 1 saturated carbocycles. The SMILES string of the molecule is CCCc1ccc(C2CCC(C(F)(F)Oc3cc(F)c(F)c(F)c3)CC2)c(F)c1F. The molecule has 0 unspecified atom stereocenters. The number of hydrogen-bond acceptors (Lipinski definition) is 1. The van der Waals surface area contributed by atoms with Gasteiger partial charge >= 0.3 is 6.11 Å². The quantitative estimate of drug-likeness (QED) is 0.343. The first kappa shape index (κ1) is 22.4. The Morgan fingerprint density at radius 2 is 1.47 bits per heavy atom. The molecule has 0 radical (unpaired) electrons. The van der Waals surface area contributed by atoms with Crippen LogP contribution in [0.3, 0.4) is 0 Å². The predicted molar refractivity (Wildman–Crippen MR) is 96.9 cm³/mol. The van der Waals surface area contributed by atoms with E-state index in [1.807, 2.05) is 6.92 Å². The van der Waals surface area contributed by atoms with Crippen LogP contribution in [0.15, 0.2) is 24.3 Å². The fourth-order valence-electron chi connectivity index (χ4n) is 3.95. The highest BCUT2D eigenvalue weighted by Crippen LogP contribution is 2.44. The summed E-state index contributed by atoms with van der Waals surface area (Å²) in [7, 11) is 0. The van der Waals surface area contributed by atoms with Gasteiger partial charge in [-0.1, -0.05) is 25.5 Å². The molecule has 0 spiro atoms. The minimum atomic E-state index is -3.75.